The lowest BCUT2D eigenvalue weighted by atomic mass is 10.1. The van der Waals surface area contributed by atoms with E-state index in [4.69, 9.17) is 14.2 Å². The minimum Gasteiger partial charge on any atom is -0.492 e. The fraction of sp³-hybridized carbons (Fsp3) is 0.462. The van der Waals surface area contributed by atoms with Crippen molar-refractivity contribution in [2.75, 3.05) is 76.5 Å². The van der Waals surface area contributed by atoms with E-state index in [0.29, 0.717) is 12.4 Å². The largest absolute Gasteiger partial charge is 0.492 e. The number of nitrogens with one attached hydrogen (secondary N) is 1. The highest BCUT2D eigenvalue weighted by molar-refractivity contribution is 6.02. The van der Waals surface area contributed by atoms with Crippen LogP contribution in [-0.2, 0) is 0 Å². The van der Waals surface area contributed by atoms with Crippen molar-refractivity contribution >= 4 is 28.1 Å². The first-order valence-corrected chi connectivity index (χ1v) is 12.5. The molecule has 1 aromatic heterocycles. The van der Waals surface area contributed by atoms with Gasteiger partial charge in [0.05, 0.1) is 22.3 Å². The molecule has 0 radical (unpaired) electrons. The predicted octanol–water partition coefficient (Wildman–Crippen LogP) is 3.33. The van der Waals surface area contributed by atoms with E-state index in [-0.39, 0.29) is 6.79 Å². The molecule has 9 heteroatoms. The maximum atomic E-state index is 6.25. The van der Waals surface area contributed by atoms with Gasteiger partial charge in [-0.2, -0.15) is 0 Å². The third-order valence-corrected chi connectivity index (χ3v) is 7.06. The molecule has 0 unspecified atom stereocenters. The van der Waals surface area contributed by atoms with Gasteiger partial charge in [-0.05, 0) is 45.1 Å². The van der Waals surface area contributed by atoms with E-state index in [2.05, 4.69) is 43.1 Å². The molecular weight excluding hydrogens is 444 g/mol. The summed E-state index contributed by atoms with van der Waals surface area (Å²) < 4.78 is 17.5. The third kappa shape index (κ3) is 4.66. The van der Waals surface area contributed by atoms with Gasteiger partial charge in [0.1, 0.15) is 24.5 Å². The van der Waals surface area contributed by atoms with Gasteiger partial charge in [-0.1, -0.05) is 6.07 Å². The van der Waals surface area contributed by atoms with E-state index < -0.39 is 0 Å². The first-order valence-electron chi connectivity index (χ1n) is 12.5. The molecule has 3 aliphatic rings. The summed E-state index contributed by atoms with van der Waals surface area (Å²) in [5, 5.41) is 4.48. The lowest BCUT2D eigenvalue weighted by Gasteiger charge is -2.35. The van der Waals surface area contributed by atoms with Gasteiger partial charge in [-0.25, -0.2) is 9.97 Å². The van der Waals surface area contributed by atoms with Gasteiger partial charge < -0.3 is 29.3 Å². The summed E-state index contributed by atoms with van der Waals surface area (Å²) in [7, 11) is 2.17. The molecule has 4 heterocycles. The molecule has 6 rings (SSSR count). The average molecular weight is 477 g/mol. The second-order valence-corrected chi connectivity index (χ2v) is 9.41. The molecule has 3 aromatic rings. The van der Waals surface area contributed by atoms with Gasteiger partial charge in [0, 0.05) is 44.9 Å². The second kappa shape index (κ2) is 9.75. The molecule has 0 bridgehead atoms. The number of fused-ring (bicyclic) bond motifs is 2. The fourth-order valence-corrected chi connectivity index (χ4v) is 5.07. The highest BCUT2D eigenvalue weighted by Gasteiger charge is 2.23. The van der Waals surface area contributed by atoms with E-state index in [0.717, 1.165) is 72.3 Å². The maximum absolute atomic E-state index is 6.25. The predicted molar refractivity (Wildman–Crippen MR) is 136 cm³/mol. The molecule has 9 nitrogen and oxygen atoms in total. The van der Waals surface area contributed by atoms with Crippen molar-refractivity contribution in [2.45, 2.75) is 12.8 Å². The summed E-state index contributed by atoms with van der Waals surface area (Å²) in [4.78, 5) is 16.5. The van der Waals surface area contributed by atoms with Gasteiger partial charge in [0.15, 0.2) is 11.5 Å². The van der Waals surface area contributed by atoms with E-state index in [1.807, 2.05) is 24.3 Å². The molecule has 3 aliphatic heterocycles. The van der Waals surface area contributed by atoms with E-state index in [1.165, 1.54) is 25.9 Å². The van der Waals surface area contributed by atoms with Gasteiger partial charge in [-0.3, -0.25) is 4.90 Å². The van der Waals surface area contributed by atoms with Crippen LogP contribution in [0.1, 0.15) is 12.8 Å². The zero-order valence-electron chi connectivity index (χ0n) is 20.2. The molecule has 184 valence electrons. The van der Waals surface area contributed by atoms with Crippen LogP contribution < -0.4 is 24.4 Å². The van der Waals surface area contributed by atoms with Crippen molar-refractivity contribution in [3.8, 4) is 17.2 Å². The first-order chi connectivity index (χ1) is 17.2. The Balaban J connectivity index is 1.34. The molecule has 2 saturated heterocycles. The second-order valence-electron chi connectivity index (χ2n) is 9.41. The Bertz CT molecular complexity index is 1190. The van der Waals surface area contributed by atoms with Crippen LogP contribution in [0.25, 0.3) is 10.9 Å². The van der Waals surface area contributed by atoms with Gasteiger partial charge in [-0.15, -0.1) is 0 Å². The summed E-state index contributed by atoms with van der Waals surface area (Å²) in [6.45, 7) is 8.11. The minimum absolute atomic E-state index is 0.225. The van der Waals surface area contributed by atoms with Crippen molar-refractivity contribution in [3.05, 3.63) is 36.7 Å². The molecule has 2 aromatic carbocycles. The average Bonchev–Trinajstić information content (AvgIpc) is 3.57. The summed E-state index contributed by atoms with van der Waals surface area (Å²) in [6.07, 6.45) is 4.18. The number of nitrogens with zero attached hydrogens (tertiary/aromatic N) is 5. The van der Waals surface area contributed by atoms with Crippen LogP contribution in [0.15, 0.2) is 36.7 Å². The van der Waals surface area contributed by atoms with E-state index in [1.54, 1.807) is 6.33 Å². The van der Waals surface area contributed by atoms with Gasteiger partial charge in [0.25, 0.3) is 0 Å². The Morgan fingerprint density at radius 3 is 2.71 bits per heavy atom. The van der Waals surface area contributed by atoms with Crippen molar-refractivity contribution in [1.82, 2.24) is 19.8 Å². The van der Waals surface area contributed by atoms with Crippen molar-refractivity contribution < 1.29 is 14.2 Å². The Morgan fingerprint density at radius 2 is 1.86 bits per heavy atom. The molecule has 0 aliphatic carbocycles. The molecule has 0 spiro atoms. The zero-order valence-corrected chi connectivity index (χ0v) is 20.2. The number of benzene rings is 2. The first kappa shape index (κ1) is 22.2. The minimum atomic E-state index is 0.225. The lowest BCUT2D eigenvalue weighted by molar-refractivity contribution is 0.174. The van der Waals surface area contributed by atoms with Crippen LogP contribution in [0.3, 0.4) is 0 Å². The Labute approximate surface area is 205 Å². The lowest BCUT2D eigenvalue weighted by Crippen LogP contribution is -2.44. The van der Waals surface area contributed by atoms with Crippen LogP contribution >= 0.6 is 0 Å². The molecule has 1 N–H and O–H groups in total. The number of aromatic nitrogens is 2. The summed E-state index contributed by atoms with van der Waals surface area (Å²) in [6, 6.07) is 10.0. The Morgan fingerprint density at radius 1 is 1.00 bits per heavy atom. The number of hydrogen-bond donors (Lipinski definition) is 1. The summed E-state index contributed by atoms with van der Waals surface area (Å²) in [5.74, 6) is 3.05. The maximum Gasteiger partial charge on any atom is 0.231 e. The summed E-state index contributed by atoms with van der Waals surface area (Å²) >= 11 is 0. The molecule has 2 fully saturated rings. The molecular formula is C26H32N6O3. The SMILES string of the molecule is CN1CCN(c2cc(OCCN3CCCC3)cc3ncnc(Nc4cccc5c4OCO5)c23)CC1. The number of likely N-dealkylation sites (tertiary alicyclic amines) is 1. The highest BCUT2D eigenvalue weighted by atomic mass is 16.7. The molecule has 35 heavy (non-hydrogen) atoms. The van der Waals surface area contributed by atoms with Gasteiger partial charge in [0.2, 0.25) is 6.79 Å². The van der Waals surface area contributed by atoms with E-state index in [9.17, 15) is 0 Å². The van der Waals surface area contributed by atoms with Crippen LogP contribution in [0, 0.1) is 0 Å². The topological polar surface area (TPSA) is 75.2 Å². The quantitative estimate of drug-likeness (QED) is 0.553. The van der Waals surface area contributed by atoms with Crippen molar-refractivity contribution in [3.63, 3.8) is 0 Å². The number of ether oxygens (including phenoxy) is 3. The number of likely N-dealkylation sites (N-methyl/N-ethyl adjacent to an activating group) is 1. The Hall–Kier alpha value is -3.30. The van der Waals surface area contributed by atoms with Crippen LogP contribution in [0.2, 0.25) is 0 Å². The van der Waals surface area contributed by atoms with Crippen LogP contribution in [0.5, 0.6) is 17.2 Å². The number of anilines is 3. The standard InChI is InChI=1S/C26H32N6O3/c1-30-9-11-32(12-10-30)22-16-19(33-14-13-31-7-2-3-8-31)15-21-24(22)26(28-17-27-21)29-20-5-4-6-23-25(20)35-18-34-23/h4-6,15-17H,2-3,7-14,18H2,1H3,(H,27,28,29). The molecule has 0 amide bonds. The third-order valence-electron chi connectivity index (χ3n) is 7.06. The monoisotopic (exact) mass is 476 g/mol. The van der Waals surface area contributed by atoms with Crippen molar-refractivity contribution in [2.24, 2.45) is 0 Å². The van der Waals surface area contributed by atoms with Crippen molar-refractivity contribution in [1.29, 1.82) is 0 Å². The van der Waals surface area contributed by atoms with Crippen LogP contribution in [-0.4, -0.2) is 86.0 Å². The number of hydrogen-bond acceptors (Lipinski definition) is 9. The fourth-order valence-electron chi connectivity index (χ4n) is 5.07. The normalized spacial score (nSPS) is 18.4. The van der Waals surface area contributed by atoms with Gasteiger partial charge >= 0.3 is 0 Å². The van der Waals surface area contributed by atoms with E-state index >= 15 is 0 Å². The smallest absolute Gasteiger partial charge is 0.231 e. The van der Waals surface area contributed by atoms with Crippen LogP contribution in [0.4, 0.5) is 17.2 Å². The zero-order chi connectivity index (χ0) is 23.6. The molecule has 0 saturated carbocycles. The highest BCUT2D eigenvalue weighted by Crippen LogP contribution is 2.42. The summed E-state index contributed by atoms with van der Waals surface area (Å²) in [5.41, 5.74) is 2.79. The number of rotatable bonds is 7. The number of piperazine rings is 1. The molecule has 0 atom stereocenters. The Kier molecular flexibility index (Phi) is 6.18. The number of para-hydroxylation sites is 1.